The molecule has 1 aliphatic rings. The van der Waals surface area contributed by atoms with Crippen LogP contribution in [0.25, 0.3) is 0 Å². The average Bonchev–Trinajstić information content (AvgIpc) is 2.97. The summed E-state index contributed by atoms with van der Waals surface area (Å²) in [5, 5.41) is 0. The van der Waals surface area contributed by atoms with Crippen LogP contribution in [-0.4, -0.2) is 23.7 Å². The first-order valence-electron chi connectivity index (χ1n) is 5.55. The number of halogens is 3. The van der Waals surface area contributed by atoms with Gasteiger partial charge in [0, 0.05) is 18.2 Å². The maximum atomic E-state index is 12.4. The van der Waals surface area contributed by atoms with Crippen LogP contribution < -0.4 is 5.73 Å². The van der Waals surface area contributed by atoms with Crippen LogP contribution in [0.2, 0.25) is 0 Å². The molecule has 2 rings (SSSR count). The summed E-state index contributed by atoms with van der Waals surface area (Å²) in [6.07, 6.45) is -0.999. The SMILES string of the molecule is NCc1coc(CN(CC(F)(F)F)C2CC2)c1. The Morgan fingerprint density at radius 3 is 2.59 bits per heavy atom. The van der Waals surface area contributed by atoms with Gasteiger partial charge in [-0.3, -0.25) is 4.90 Å². The summed E-state index contributed by atoms with van der Waals surface area (Å²) in [6.45, 7) is -0.341. The Morgan fingerprint density at radius 2 is 2.12 bits per heavy atom. The predicted molar refractivity (Wildman–Crippen MR) is 56.1 cm³/mol. The molecule has 1 saturated carbocycles. The van der Waals surface area contributed by atoms with Crippen molar-refractivity contribution in [2.75, 3.05) is 6.54 Å². The van der Waals surface area contributed by atoms with E-state index in [2.05, 4.69) is 0 Å². The summed E-state index contributed by atoms with van der Waals surface area (Å²) in [6, 6.07) is 1.76. The summed E-state index contributed by atoms with van der Waals surface area (Å²) >= 11 is 0. The maximum Gasteiger partial charge on any atom is 0.401 e. The molecule has 1 heterocycles. The van der Waals surface area contributed by atoms with Gasteiger partial charge in [-0.15, -0.1) is 0 Å². The van der Waals surface area contributed by atoms with Crippen LogP contribution >= 0.6 is 0 Å². The van der Waals surface area contributed by atoms with E-state index in [1.807, 2.05) is 0 Å². The first kappa shape index (κ1) is 12.4. The molecule has 0 bridgehead atoms. The smallest absolute Gasteiger partial charge is 0.401 e. The van der Waals surface area contributed by atoms with Crippen LogP contribution in [0, 0.1) is 0 Å². The monoisotopic (exact) mass is 248 g/mol. The van der Waals surface area contributed by atoms with Gasteiger partial charge in [0.1, 0.15) is 5.76 Å². The number of rotatable bonds is 5. The molecule has 0 amide bonds. The molecular formula is C11H15F3N2O. The van der Waals surface area contributed by atoms with Crippen molar-refractivity contribution in [1.82, 2.24) is 4.90 Å². The van der Waals surface area contributed by atoms with Crippen LogP contribution in [0.3, 0.4) is 0 Å². The third-order valence-electron chi connectivity index (χ3n) is 2.75. The van der Waals surface area contributed by atoms with E-state index in [1.165, 1.54) is 11.2 Å². The normalized spacial score (nSPS) is 16.8. The van der Waals surface area contributed by atoms with Gasteiger partial charge in [0.25, 0.3) is 0 Å². The highest BCUT2D eigenvalue weighted by atomic mass is 19.4. The largest absolute Gasteiger partial charge is 0.468 e. The summed E-state index contributed by atoms with van der Waals surface area (Å²) in [5.74, 6) is 0.543. The Bertz CT molecular complexity index is 371. The van der Waals surface area contributed by atoms with Gasteiger partial charge in [-0.05, 0) is 18.9 Å². The van der Waals surface area contributed by atoms with Gasteiger partial charge >= 0.3 is 6.18 Å². The first-order valence-corrected chi connectivity index (χ1v) is 5.55. The van der Waals surface area contributed by atoms with E-state index in [1.54, 1.807) is 6.07 Å². The van der Waals surface area contributed by atoms with Crippen LogP contribution in [0.15, 0.2) is 16.7 Å². The lowest BCUT2D eigenvalue weighted by molar-refractivity contribution is -0.148. The van der Waals surface area contributed by atoms with Crippen molar-refractivity contribution >= 4 is 0 Å². The first-order chi connectivity index (χ1) is 7.98. The van der Waals surface area contributed by atoms with Crippen LogP contribution in [-0.2, 0) is 13.1 Å². The lowest BCUT2D eigenvalue weighted by atomic mass is 10.3. The van der Waals surface area contributed by atoms with Gasteiger partial charge in [0.2, 0.25) is 0 Å². The molecule has 0 spiro atoms. The number of nitrogens with zero attached hydrogens (tertiary/aromatic N) is 1. The van der Waals surface area contributed by atoms with Crippen LogP contribution in [0.4, 0.5) is 13.2 Å². The molecule has 3 nitrogen and oxygen atoms in total. The Labute approximate surface area is 97.4 Å². The molecule has 96 valence electrons. The lowest BCUT2D eigenvalue weighted by Crippen LogP contribution is -2.35. The molecule has 0 unspecified atom stereocenters. The summed E-state index contributed by atoms with van der Waals surface area (Å²) in [7, 11) is 0. The van der Waals surface area contributed by atoms with E-state index in [-0.39, 0.29) is 12.6 Å². The lowest BCUT2D eigenvalue weighted by Gasteiger charge is -2.22. The molecular weight excluding hydrogens is 233 g/mol. The van der Waals surface area contributed by atoms with Crippen molar-refractivity contribution < 1.29 is 17.6 Å². The Balaban J connectivity index is 1.97. The number of hydrogen-bond donors (Lipinski definition) is 1. The molecule has 0 saturated heterocycles. The van der Waals surface area contributed by atoms with Crippen molar-refractivity contribution in [2.45, 2.75) is 38.1 Å². The van der Waals surface area contributed by atoms with Crippen molar-refractivity contribution in [3.05, 3.63) is 23.7 Å². The van der Waals surface area contributed by atoms with Gasteiger partial charge in [0.05, 0.1) is 19.4 Å². The van der Waals surface area contributed by atoms with Gasteiger partial charge in [-0.1, -0.05) is 0 Å². The molecule has 0 aromatic carbocycles. The van der Waals surface area contributed by atoms with E-state index < -0.39 is 12.7 Å². The van der Waals surface area contributed by atoms with E-state index in [4.69, 9.17) is 10.2 Å². The van der Waals surface area contributed by atoms with Gasteiger partial charge in [-0.2, -0.15) is 13.2 Å². The predicted octanol–water partition coefficient (Wildman–Crippen LogP) is 2.27. The zero-order chi connectivity index (χ0) is 12.5. The minimum Gasteiger partial charge on any atom is -0.468 e. The molecule has 1 aromatic heterocycles. The fourth-order valence-corrected chi connectivity index (χ4v) is 1.80. The fraction of sp³-hybridized carbons (Fsp3) is 0.636. The Kier molecular flexibility index (Phi) is 3.44. The van der Waals surface area contributed by atoms with E-state index in [9.17, 15) is 13.2 Å². The molecule has 0 aliphatic heterocycles. The Hall–Kier alpha value is -1.01. The maximum absolute atomic E-state index is 12.4. The third-order valence-corrected chi connectivity index (χ3v) is 2.75. The minimum atomic E-state index is -4.16. The highest BCUT2D eigenvalue weighted by molar-refractivity contribution is 5.12. The number of hydrogen-bond acceptors (Lipinski definition) is 3. The summed E-state index contributed by atoms with van der Waals surface area (Å²) in [5.41, 5.74) is 6.22. The summed E-state index contributed by atoms with van der Waals surface area (Å²) in [4.78, 5) is 1.42. The van der Waals surface area contributed by atoms with Crippen molar-refractivity contribution in [1.29, 1.82) is 0 Å². The quantitative estimate of drug-likeness (QED) is 0.869. The Morgan fingerprint density at radius 1 is 1.41 bits per heavy atom. The van der Waals surface area contributed by atoms with Crippen LogP contribution in [0.1, 0.15) is 24.2 Å². The molecule has 0 radical (unpaired) electrons. The standard InChI is InChI=1S/C11H15F3N2O/c12-11(13,14)7-16(9-1-2-9)5-10-3-8(4-15)6-17-10/h3,6,9H,1-2,4-5,7,15H2. The fourth-order valence-electron chi connectivity index (χ4n) is 1.80. The zero-order valence-electron chi connectivity index (χ0n) is 9.33. The highest BCUT2D eigenvalue weighted by Crippen LogP contribution is 2.31. The van der Waals surface area contributed by atoms with Gasteiger partial charge in [-0.25, -0.2) is 0 Å². The van der Waals surface area contributed by atoms with Crippen molar-refractivity contribution in [3.8, 4) is 0 Å². The second-order valence-electron chi connectivity index (χ2n) is 4.38. The number of furan rings is 1. The average molecular weight is 248 g/mol. The van der Waals surface area contributed by atoms with Gasteiger partial charge < -0.3 is 10.2 Å². The topological polar surface area (TPSA) is 42.4 Å². The molecule has 6 heteroatoms. The molecule has 17 heavy (non-hydrogen) atoms. The molecule has 1 aromatic rings. The third kappa shape index (κ3) is 3.74. The molecule has 0 atom stereocenters. The number of alkyl halides is 3. The molecule has 1 fully saturated rings. The number of nitrogens with two attached hydrogens (primary N) is 1. The second-order valence-corrected chi connectivity index (χ2v) is 4.38. The van der Waals surface area contributed by atoms with E-state index in [0.717, 1.165) is 18.4 Å². The molecule has 1 aliphatic carbocycles. The van der Waals surface area contributed by atoms with Gasteiger partial charge in [0.15, 0.2) is 0 Å². The molecule has 2 N–H and O–H groups in total. The summed E-state index contributed by atoms with van der Waals surface area (Å²) < 4.78 is 42.3. The van der Waals surface area contributed by atoms with Crippen LogP contribution in [0.5, 0.6) is 0 Å². The zero-order valence-corrected chi connectivity index (χ0v) is 9.33. The van der Waals surface area contributed by atoms with E-state index in [0.29, 0.717) is 12.3 Å². The highest BCUT2D eigenvalue weighted by Gasteiger charge is 2.38. The van der Waals surface area contributed by atoms with Crippen molar-refractivity contribution in [3.63, 3.8) is 0 Å². The van der Waals surface area contributed by atoms with E-state index >= 15 is 0 Å². The second kappa shape index (κ2) is 4.70. The van der Waals surface area contributed by atoms with Crippen molar-refractivity contribution in [2.24, 2.45) is 5.73 Å². The minimum absolute atomic E-state index is 0.0445.